The molecule has 3 rings (SSSR count). The van der Waals surface area contributed by atoms with E-state index in [9.17, 15) is 4.79 Å². The zero-order valence-electron chi connectivity index (χ0n) is 15.6. The number of hydrogen-bond acceptors (Lipinski definition) is 4. The predicted molar refractivity (Wildman–Crippen MR) is 110 cm³/mol. The lowest BCUT2D eigenvalue weighted by molar-refractivity contribution is 0.0682. The third-order valence-corrected chi connectivity index (χ3v) is 5.28. The summed E-state index contributed by atoms with van der Waals surface area (Å²) >= 11 is 1.72. The second-order valence-corrected chi connectivity index (χ2v) is 7.65. The number of urea groups is 1. The Bertz CT molecular complexity index is 730. The first-order chi connectivity index (χ1) is 13.2. The molecule has 0 spiro atoms. The molecule has 6 heteroatoms. The van der Waals surface area contributed by atoms with Gasteiger partial charge < -0.3 is 20.1 Å². The summed E-state index contributed by atoms with van der Waals surface area (Å²) in [7, 11) is 0. The van der Waals surface area contributed by atoms with Crippen LogP contribution in [0.4, 0.5) is 10.5 Å². The maximum atomic E-state index is 12.2. The van der Waals surface area contributed by atoms with Crippen LogP contribution >= 0.6 is 11.8 Å². The lowest BCUT2D eigenvalue weighted by Gasteiger charge is -2.15. The Labute approximate surface area is 164 Å². The number of aryl methyl sites for hydroxylation is 1. The monoisotopic (exact) mass is 386 g/mol. The first-order valence-corrected chi connectivity index (χ1v) is 10.3. The Morgan fingerprint density at radius 1 is 1.22 bits per heavy atom. The summed E-state index contributed by atoms with van der Waals surface area (Å²) in [4.78, 5) is 13.4. The van der Waals surface area contributed by atoms with Crippen molar-refractivity contribution >= 4 is 23.5 Å². The van der Waals surface area contributed by atoms with Crippen molar-refractivity contribution in [2.24, 2.45) is 0 Å². The summed E-state index contributed by atoms with van der Waals surface area (Å²) in [5, 5.41) is 5.75. The zero-order valence-corrected chi connectivity index (χ0v) is 16.4. The highest BCUT2D eigenvalue weighted by molar-refractivity contribution is 7.99. The minimum absolute atomic E-state index is 0.144. The fourth-order valence-electron chi connectivity index (χ4n) is 2.79. The molecular formula is C21H26N2O3S. The van der Waals surface area contributed by atoms with Crippen LogP contribution in [0.15, 0.2) is 53.4 Å². The summed E-state index contributed by atoms with van der Waals surface area (Å²) < 4.78 is 11.4. The van der Waals surface area contributed by atoms with Gasteiger partial charge in [-0.05, 0) is 44.0 Å². The second-order valence-electron chi connectivity index (χ2n) is 6.48. The SMILES string of the molecule is Cc1ccc(SCCNC(=O)Nc2ccccc2OCC2CCCO2)cc1. The standard InChI is InChI=1S/C21H26N2O3S/c1-16-8-10-18(11-9-16)27-14-12-22-21(24)23-19-6-2-3-7-20(19)26-15-17-5-4-13-25-17/h2-3,6-11,17H,4-5,12-15H2,1H3,(H2,22,23,24). The fourth-order valence-corrected chi connectivity index (χ4v) is 3.56. The smallest absolute Gasteiger partial charge is 0.319 e. The topological polar surface area (TPSA) is 59.6 Å². The average molecular weight is 387 g/mol. The summed E-state index contributed by atoms with van der Waals surface area (Å²) in [6.07, 6.45) is 2.25. The van der Waals surface area contributed by atoms with Gasteiger partial charge in [-0.25, -0.2) is 4.79 Å². The Hall–Kier alpha value is -2.18. The lowest BCUT2D eigenvalue weighted by atomic mass is 10.2. The fraction of sp³-hybridized carbons (Fsp3) is 0.381. The molecule has 1 aliphatic rings. The van der Waals surface area contributed by atoms with Crippen LogP contribution in [0.5, 0.6) is 5.75 Å². The van der Waals surface area contributed by atoms with Crippen molar-refractivity contribution in [3.8, 4) is 5.75 Å². The van der Waals surface area contributed by atoms with Gasteiger partial charge in [0, 0.05) is 23.8 Å². The van der Waals surface area contributed by atoms with Crippen molar-refractivity contribution in [3.63, 3.8) is 0 Å². The molecule has 2 amide bonds. The third kappa shape index (κ3) is 6.48. The maximum Gasteiger partial charge on any atom is 0.319 e. The summed E-state index contributed by atoms with van der Waals surface area (Å²) in [6, 6.07) is 15.6. The van der Waals surface area contributed by atoms with E-state index in [1.54, 1.807) is 11.8 Å². The van der Waals surface area contributed by atoms with E-state index >= 15 is 0 Å². The number of thioether (sulfide) groups is 1. The molecule has 2 aromatic rings. The van der Waals surface area contributed by atoms with Crippen molar-refractivity contribution < 1.29 is 14.3 Å². The van der Waals surface area contributed by atoms with Gasteiger partial charge in [0.05, 0.1) is 11.8 Å². The van der Waals surface area contributed by atoms with Gasteiger partial charge in [0.1, 0.15) is 12.4 Å². The van der Waals surface area contributed by atoms with Gasteiger partial charge in [0.25, 0.3) is 0 Å². The third-order valence-electron chi connectivity index (χ3n) is 4.26. The molecule has 2 aromatic carbocycles. The normalized spacial score (nSPS) is 16.1. The van der Waals surface area contributed by atoms with Crippen LogP contribution in [-0.2, 0) is 4.74 Å². The first kappa shape index (κ1) is 19.6. The van der Waals surface area contributed by atoms with E-state index in [1.165, 1.54) is 10.5 Å². The summed E-state index contributed by atoms with van der Waals surface area (Å²) in [6.45, 7) is 3.97. The Morgan fingerprint density at radius 3 is 2.81 bits per heavy atom. The van der Waals surface area contributed by atoms with E-state index in [-0.39, 0.29) is 12.1 Å². The van der Waals surface area contributed by atoms with Gasteiger partial charge >= 0.3 is 6.03 Å². The van der Waals surface area contributed by atoms with E-state index < -0.39 is 0 Å². The van der Waals surface area contributed by atoms with Crippen LogP contribution in [0.2, 0.25) is 0 Å². The number of hydrogen-bond donors (Lipinski definition) is 2. The van der Waals surface area contributed by atoms with Gasteiger partial charge in [-0.1, -0.05) is 29.8 Å². The molecule has 0 aromatic heterocycles. The molecule has 1 unspecified atom stereocenters. The highest BCUT2D eigenvalue weighted by atomic mass is 32.2. The Kier molecular flexibility index (Phi) is 7.42. The number of benzene rings is 2. The van der Waals surface area contributed by atoms with E-state index in [0.29, 0.717) is 24.6 Å². The van der Waals surface area contributed by atoms with Crippen molar-refractivity contribution in [2.45, 2.75) is 30.8 Å². The quantitative estimate of drug-likeness (QED) is 0.519. The predicted octanol–water partition coefficient (Wildman–Crippen LogP) is 4.47. The van der Waals surface area contributed by atoms with Crippen LogP contribution in [-0.4, -0.2) is 37.6 Å². The molecular weight excluding hydrogens is 360 g/mol. The van der Waals surface area contributed by atoms with Crippen LogP contribution in [0.25, 0.3) is 0 Å². The largest absolute Gasteiger partial charge is 0.489 e. The minimum atomic E-state index is -0.229. The summed E-state index contributed by atoms with van der Waals surface area (Å²) in [5.41, 5.74) is 1.91. The van der Waals surface area contributed by atoms with E-state index in [4.69, 9.17) is 9.47 Å². The number of ether oxygens (including phenoxy) is 2. The number of rotatable bonds is 8. The van der Waals surface area contributed by atoms with E-state index in [2.05, 4.69) is 41.8 Å². The van der Waals surface area contributed by atoms with Crippen molar-refractivity contribution in [1.29, 1.82) is 0 Å². The Balaban J connectivity index is 1.41. The van der Waals surface area contributed by atoms with Crippen molar-refractivity contribution in [2.75, 3.05) is 30.8 Å². The number of amides is 2. The molecule has 27 heavy (non-hydrogen) atoms. The number of para-hydroxylation sites is 2. The minimum Gasteiger partial charge on any atom is -0.489 e. The first-order valence-electron chi connectivity index (χ1n) is 9.28. The maximum absolute atomic E-state index is 12.2. The molecule has 0 aliphatic carbocycles. The molecule has 1 atom stereocenters. The number of carbonyl (C=O) groups is 1. The Morgan fingerprint density at radius 2 is 2.04 bits per heavy atom. The van der Waals surface area contributed by atoms with Gasteiger partial charge in [-0.2, -0.15) is 0 Å². The van der Waals surface area contributed by atoms with Crippen molar-refractivity contribution in [3.05, 3.63) is 54.1 Å². The molecule has 144 valence electrons. The molecule has 0 bridgehead atoms. The lowest BCUT2D eigenvalue weighted by Crippen LogP contribution is -2.30. The molecule has 1 heterocycles. The van der Waals surface area contributed by atoms with Crippen LogP contribution in [0.1, 0.15) is 18.4 Å². The van der Waals surface area contributed by atoms with Crippen LogP contribution in [0.3, 0.4) is 0 Å². The van der Waals surface area contributed by atoms with E-state index in [1.807, 2.05) is 24.3 Å². The van der Waals surface area contributed by atoms with Crippen LogP contribution in [0, 0.1) is 6.92 Å². The van der Waals surface area contributed by atoms with E-state index in [0.717, 1.165) is 25.2 Å². The van der Waals surface area contributed by atoms with Gasteiger partial charge in [-0.15, -0.1) is 11.8 Å². The molecule has 0 saturated carbocycles. The number of nitrogens with one attached hydrogen (secondary N) is 2. The average Bonchev–Trinajstić information content (AvgIpc) is 3.20. The molecule has 0 radical (unpaired) electrons. The molecule has 2 N–H and O–H groups in total. The molecule has 1 fully saturated rings. The van der Waals surface area contributed by atoms with Gasteiger partial charge in [0.2, 0.25) is 0 Å². The zero-order chi connectivity index (χ0) is 18.9. The van der Waals surface area contributed by atoms with Gasteiger partial charge in [0.15, 0.2) is 0 Å². The van der Waals surface area contributed by atoms with Crippen molar-refractivity contribution in [1.82, 2.24) is 5.32 Å². The number of anilines is 1. The molecule has 1 saturated heterocycles. The summed E-state index contributed by atoms with van der Waals surface area (Å²) in [5.74, 6) is 1.48. The molecule has 5 nitrogen and oxygen atoms in total. The second kappa shape index (κ2) is 10.2. The highest BCUT2D eigenvalue weighted by Gasteiger charge is 2.17. The highest BCUT2D eigenvalue weighted by Crippen LogP contribution is 2.25. The van der Waals surface area contributed by atoms with Gasteiger partial charge in [-0.3, -0.25) is 0 Å². The molecule has 1 aliphatic heterocycles. The van der Waals surface area contributed by atoms with Crippen LogP contribution < -0.4 is 15.4 Å². The number of carbonyl (C=O) groups excluding carboxylic acids is 1.